The number of nitrogens with zero attached hydrogens (tertiary/aromatic N) is 4. The van der Waals surface area contributed by atoms with Crippen LogP contribution >= 0.6 is 23.4 Å². The number of carbonyl (C=O) groups excluding carboxylic acids is 1. The third-order valence-electron chi connectivity index (χ3n) is 4.63. The van der Waals surface area contributed by atoms with Crippen LogP contribution in [-0.4, -0.2) is 25.5 Å². The SMILES string of the molecule is CCCc1c(C)nc2ncnn2c1Sc1ccccc1NC(=O)c1ccc(Cl)cc1. The number of hydrogen-bond donors (Lipinski definition) is 1. The molecule has 0 aliphatic rings. The van der Waals surface area contributed by atoms with E-state index in [9.17, 15) is 4.79 Å². The van der Waals surface area contributed by atoms with E-state index in [-0.39, 0.29) is 5.91 Å². The first-order chi connectivity index (χ1) is 14.6. The van der Waals surface area contributed by atoms with E-state index >= 15 is 0 Å². The number of benzene rings is 2. The van der Waals surface area contributed by atoms with Crippen molar-refractivity contribution in [2.45, 2.75) is 36.6 Å². The van der Waals surface area contributed by atoms with E-state index in [1.807, 2.05) is 31.2 Å². The van der Waals surface area contributed by atoms with Crippen LogP contribution in [0.4, 0.5) is 5.69 Å². The Morgan fingerprint density at radius 1 is 1.17 bits per heavy atom. The van der Waals surface area contributed by atoms with Gasteiger partial charge in [-0.3, -0.25) is 4.79 Å². The van der Waals surface area contributed by atoms with E-state index in [0.717, 1.165) is 39.7 Å². The highest BCUT2D eigenvalue weighted by atomic mass is 35.5. The average Bonchev–Trinajstić information content (AvgIpc) is 3.20. The molecule has 1 amide bonds. The Labute approximate surface area is 183 Å². The second-order valence-corrected chi connectivity index (χ2v) is 8.23. The van der Waals surface area contributed by atoms with Gasteiger partial charge in [0.2, 0.25) is 0 Å². The number of para-hydroxylation sites is 1. The highest BCUT2D eigenvalue weighted by Gasteiger charge is 2.17. The van der Waals surface area contributed by atoms with Gasteiger partial charge in [-0.25, -0.2) is 4.98 Å². The highest BCUT2D eigenvalue weighted by Crippen LogP contribution is 2.36. The van der Waals surface area contributed by atoms with E-state index in [0.29, 0.717) is 16.4 Å². The van der Waals surface area contributed by atoms with Gasteiger partial charge in [0, 0.05) is 26.7 Å². The number of aromatic nitrogens is 4. The summed E-state index contributed by atoms with van der Waals surface area (Å²) in [6, 6.07) is 14.5. The molecule has 6 nitrogen and oxygen atoms in total. The van der Waals surface area contributed by atoms with Crippen molar-refractivity contribution >= 4 is 40.7 Å². The molecule has 0 saturated carbocycles. The number of carbonyl (C=O) groups is 1. The monoisotopic (exact) mass is 437 g/mol. The largest absolute Gasteiger partial charge is 0.321 e. The summed E-state index contributed by atoms with van der Waals surface area (Å²) in [5.74, 6) is 0.378. The van der Waals surface area contributed by atoms with Crippen LogP contribution in [0.2, 0.25) is 5.02 Å². The minimum atomic E-state index is -0.190. The van der Waals surface area contributed by atoms with Crippen molar-refractivity contribution in [3.8, 4) is 0 Å². The summed E-state index contributed by atoms with van der Waals surface area (Å²) < 4.78 is 1.76. The van der Waals surface area contributed by atoms with Crippen molar-refractivity contribution in [2.75, 3.05) is 5.32 Å². The maximum absolute atomic E-state index is 12.7. The van der Waals surface area contributed by atoms with Crippen molar-refractivity contribution in [3.63, 3.8) is 0 Å². The molecule has 152 valence electrons. The third-order valence-corrected chi connectivity index (χ3v) is 6.07. The predicted molar refractivity (Wildman–Crippen MR) is 119 cm³/mol. The van der Waals surface area contributed by atoms with Crippen molar-refractivity contribution < 1.29 is 4.79 Å². The number of hydrogen-bond acceptors (Lipinski definition) is 5. The van der Waals surface area contributed by atoms with Gasteiger partial charge < -0.3 is 5.32 Å². The lowest BCUT2D eigenvalue weighted by molar-refractivity contribution is 0.102. The Morgan fingerprint density at radius 3 is 2.70 bits per heavy atom. The minimum absolute atomic E-state index is 0.190. The topological polar surface area (TPSA) is 72.2 Å². The zero-order chi connectivity index (χ0) is 21.1. The van der Waals surface area contributed by atoms with E-state index in [2.05, 4.69) is 27.3 Å². The van der Waals surface area contributed by atoms with Crippen LogP contribution in [0.1, 0.15) is 35.0 Å². The standard InChI is InChI=1S/C22H20ClN5OS/c1-3-6-17-14(2)26-22-24-13-25-28(22)21(17)30-19-8-5-4-7-18(19)27-20(29)15-9-11-16(23)12-10-15/h4-5,7-13H,3,6H2,1-2H3,(H,27,29). The Hall–Kier alpha value is -2.90. The number of fused-ring (bicyclic) bond motifs is 1. The normalized spacial score (nSPS) is 11.0. The molecule has 0 unspecified atom stereocenters. The number of nitrogens with one attached hydrogen (secondary N) is 1. The first-order valence-corrected chi connectivity index (χ1v) is 10.8. The molecule has 2 heterocycles. The molecule has 4 rings (SSSR count). The summed E-state index contributed by atoms with van der Waals surface area (Å²) in [6.07, 6.45) is 3.39. The van der Waals surface area contributed by atoms with Gasteiger partial charge in [0.25, 0.3) is 11.7 Å². The Bertz CT molecular complexity index is 1210. The molecule has 0 bridgehead atoms. The van der Waals surface area contributed by atoms with Crippen LogP contribution in [0, 0.1) is 6.92 Å². The maximum Gasteiger partial charge on any atom is 0.255 e. The summed E-state index contributed by atoms with van der Waals surface area (Å²) in [7, 11) is 0. The van der Waals surface area contributed by atoms with E-state index in [1.54, 1.807) is 40.5 Å². The fourth-order valence-electron chi connectivity index (χ4n) is 3.16. The van der Waals surface area contributed by atoms with Crippen LogP contribution < -0.4 is 5.32 Å². The van der Waals surface area contributed by atoms with Gasteiger partial charge in [-0.2, -0.15) is 14.6 Å². The summed E-state index contributed by atoms with van der Waals surface area (Å²) in [6.45, 7) is 4.14. The van der Waals surface area contributed by atoms with Crippen LogP contribution in [0.15, 0.2) is 64.8 Å². The zero-order valence-corrected chi connectivity index (χ0v) is 18.2. The quantitative estimate of drug-likeness (QED) is 0.406. The molecule has 1 N–H and O–H groups in total. The fraction of sp³-hybridized carbons (Fsp3) is 0.182. The smallest absolute Gasteiger partial charge is 0.255 e. The summed E-state index contributed by atoms with van der Waals surface area (Å²) in [4.78, 5) is 22.5. The van der Waals surface area contributed by atoms with Crippen LogP contribution in [0.3, 0.4) is 0 Å². The Kier molecular flexibility index (Phi) is 6.01. The molecular formula is C22H20ClN5OS. The molecule has 4 aromatic rings. The lowest BCUT2D eigenvalue weighted by atomic mass is 10.1. The Morgan fingerprint density at radius 2 is 1.93 bits per heavy atom. The number of halogens is 1. The second-order valence-electron chi connectivity index (χ2n) is 6.76. The number of anilines is 1. The molecule has 2 aromatic heterocycles. The maximum atomic E-state index is 12.7. The average molecular weight is 438 g/mol. The van der Waals surface area contributed by atoms with Gasteiger partial charge in [-0.1, -0.05) is 48.8 Å². The molecule has 0 aliphatic heterocycles. The zero-order valence-electron chi connectivity index (χ0n) is 16.6. The third kappa shape index (κ3) is 4.17. The van der Waals surface area contributed by atoms with E-state index in [1.165, 1.54) is 6.33 Å². The van der Waals surface area contributed by atoms with Gasteiger partial charge in [0.1, 0.15) is 11.4 Å². The molecule has 2 aromatic carbocycles. The van der Waals surface area contributed by atoms with Gasteiger partial charge in [-0.15, -0.1) is 0 Å². The Balaban J connectivity index is 1.70. The van der Waals surface area contributed by atoms with Crippen molar-refractivity contribution in [2.24, 2.45) is 0 Å². The first-order valence-electron chi connectivity index (χ1n) is 9.60. The molecule has 30 heavy (non-hydrogen) atoms. The molecule has 8 heteroatoms. The summed E-state index contributed by atoms with van der Waals surface area (Å²) in [5, 5.41) is 8.93. The molecule has 0 saturated heterocycles. The minimum Gasteiger partial charge on any atom is -0.321 e. The van der Waals surface area contributed by atoms with Crippen molar-refractivity contribution in [1.82, 2.24) is 19.6 Å². The predicted octanol–water partition coefficient (Wildman–Crippen LogP) is 5.44. The lowest BCUT2D eigenvalue weighted by Gasteiger charge is -2.15. The fourth-order valence-corrected chi connectivity index (χ4v) is 4.45. The molecular weight excluding hydrogens is 418 g/mol. The van der Waals surface area contributed by atoms with Gasteiger partial charge in [0.05, 0.1) is 5.69 Å². The van der Waals surface area contributed by atoms with Crippen LogP contribution in [0.5, 0.6) is 0 Å². The molecule has 0 spiro atoms. The molecule has 0 fully saturated rings. The number of amides is 1. The lowest BCUT2D eigenvalue weighted by Crippen LogP contribution is -2.12. The van der Waals surface area contributed by atoms with Gasteiger partial charge in [-0.05, 0) is 49.7 Å². The van der Waals surface area contributed by atoms with Crippen molar-refractivity contribution in [3.05, 3.63) is 76.7 Å². The first kappa shape index (κ1) is 20.4. The van der Waals surface area contributed by atoms with Gasteiger partial charge >= 0.3 is 0 Å². The van der Waals surface area contributed by atoms with Crippen LogP contribution in [-0.2, 0) is 6.42 Å². The molecule has 0 atom stereocenters. The van der Waals surface area contributed by atoms with E-state index < -0.39 is 0 Å². The highest BCUT2D eigenvalue weighted by molar-refractivity contribution is 7.99. The van der Waals surface area contributed by atoms with Crippen molar-refractivity contribution in [1.29, 1.82) is 0 Å². The molecule has 0 aliphatic carbocycles. The van der Waals surface area contributed by atoms with Gasteiger partial charge in [0.15, 0.2) is 0 Å². The second kappa shape index (κ2) is 8.85. The van der Waals surface area contributed by atoms with E-state index in [4.69, 9.17) is 11.6 Å². The summed E-state index contributed by atoms with van der Waals surface area (Å²) in [5.41, 5.74) is 3.36. The number of rotatable bonds is 6. The van der Waals surface area contributed by atoms with Crippen LogP contribution in [0.25, 0.3) is 5.78 Å². The number of aryl methyl sites for hydroxylation is 1. The summed E-state index contributed by atoms with van der Waals surface area (Å²) >= 11 is 7.48. The molecule has 0 radical (unpaired) electrons.